The van der Waals surface area contributed by atoms with Gasteiger partial charge in [0.2, 0.25) is 11.8 Å². The van der Waals surface area contributed by atoms with E-state index >= 15 is 0 Å². The number of alkyl carbamates (subject to hydrolysis) is 1. The minimum atomic E-state index is -3.97. The third-order valence-corrected chi connectivity index (χ3v) is 9.77. The highest BCUT2D eigenvalue weighted by Gasteiger charge is 2.42. The van der Waals surface area contributed by atoms with E-state index < -0.39 is 33.9 Å². The predicted octanol–water partition coefficient (Wildman–Crippen LogP) is 4.02. The lowest BCUT2D eigenvalue weighted by Gasteiger charge is -2.34. The van der Waals surface area contributed by atoms with Crippen LogP contribution in [-0.4, -0.2) is 78.7 Å². The van der Waals surface area contributed by atoms with Gasteiger partial charge in [0, 0.05) is 49.1 Å². The van der Waals surface area contributed by atoms with Crippen LogP contribution >= 0.6 is 0 Å². The molecule has 4 N–H and O–H groups in total. The van der Waals surface area contributed by atoms with Crippen molar-refractivity contribution in [1.29, 1.82) is 0 Å². The Hall–Kier alpha value is -3.98. The van der Waals surface area contributed by atoms with Crippen molar-refractivity contribution in [1.82, 2.24) is 24.2 Å². The fourth-order valence-electron chi connectivity index (χ4n) is 5.93. The molecule has 1 saturated carbocycles. The summed E-state index contributed by atoms with van der Waals surface area (Å²) in [6, 6.07) is 5.79. The monoisotopic (exact) mass is 662 g/mol. The Morgan fingerprint density at radius 1 is 1.04 bits per heavy atom. The van der Waals surface area contributed by atoms with E-state index in [1.807, 2.05) is 11.6 Å². The Morgan fingerprint density at radius 2 is 1.70 bits per heavy atom. The number of rotatable bonds is 8. The second-order valence-electron chi connectivity index (χ2n) is 13.2. The summed E-state index contributed by atoms with van der Waals surface area (Å²) in [5.74, 6) is -1.93. The number of hydrogen-bond acceptors (Lipinski definition) is 7. The van der Waals surface area contributed by atoms with Gasteiger partial charge in [0.15, 0.2) is 0 Å². The number of benzene rings is 1. The summed E-state index contributed by atoms with van der Waals surface area (Å²) in [5.41, 5.74) is 0.478. The molecule has 2 atom stereocenters. The van der Waals surface area contributed by atoms with Crippen molar-refractivity contribution < 1.29 is 36.7 Å². The number of likely N-dealkylation sites (tertiary alicyclic amines) is 1. The molecule has 13 nitrogen and oxygen atoms in total. The fraction of sp³-hybridized carbons (Fsp3) is 0.548. The van der Waals surface area contributed by atoms with E-state index in [1.54, 1.807) is 43.9 Å². The van der Waals surface area contributed by atoms with E-state index in [4.69, 9.17) is 4.74 Å². The summed E-state index contributed by atoms with van der Waals surface area (Å²) in [6.07, 6.45) is 2.30. The van der Waals surface area contributed by atoms with Crippen LogP contribution in [0.25, 0.3) is 10.9 Å². The van der Waals surface area contributed by atoms with Gasteiger partial charge in [-0.05, 0) is 83.1 Å². The number of nitrogens with zero attached hydrogens (tertiary/aromatic N) is 2. The van der Waals surface area contributed by atoms with Gasteiger partial charge in [-0.15, -0.1) is 0 Å². The summed E-state index contributed by atoms with van der Waals surface area (Å²) in [7, 11) is -1.37. The number of carbonyl (C=O) groups is 4. The predicted molar refractivity (Wildman–Crippen MR) is 170 cm³/mol. The van der Waals surface area contributed by atoms with Crippen molar-refractivity contribution in [2.45, 2.75) is 71.4 Å². The molecule has 1 aliphatic heterocycles. The fourth-order valence-corrected chi connectivity index (χ4v) is 6.46. The van der Waals surface area contributed by atoms with Gasteiger partial charge in [0.1, 0.15) is 23.7 Å². The number of hydrogen-bond donors (Lipinski definition) is 4. The molecule has 2 fully saturated rings. The van der Waals surface area contributed by atoms with Crippen LogP contribution in [-0.2, 0) is 24.5 Å². The molecule has 252 valence electrons. The zero-order valence-corrected chi connectivity index (χ0v) is 27.8. The van der Waals surface area contributed by atoms with Gasteiger partial charge in [0.25, 0.3) is 5.91 Å². The largest absolute Gasteiger partial charge is 0.444 e. The number of anilines is 1. The molecule has 1 saturated heterocycles. The second-order valence-corrected chi connectivity index (χ2v) is 15.1. The van der Waals surface area contributed by atoms with Crippen molar-refractivity contribution >= 4 is 50.6 Å². The molecule has 15 heteroatoms. The highest BCUT2D eigenvalue weighted by Crippen LogP contribution is 2.36. The molecule has 1 aromatic carbocycles. The number of aromatic nitrogens is 1. The van der Waals surface area contributed by atoms with Gasteiger partial charge < -0.3 is 19.9 Å². The van der Waals surface area contributed by atoms with E-state index in [2.05, 4.69) is 15.6 Å². The number of allylic oxidation sites excluding steroid dienone is 1. The van der Waals surface area contributed by atoms with E-state index in [1.165, 1.54) is 20.2 Å². The molecule has 2 heterocycles. The molecule has 4 rings (SSSR count). The van der Waals surface area contributed by atoms with Crippen LogP contribution < -0.4 is 15.4 Å². The standard InChI is InChI=1S/C31H43FN6O7S/c1-18-13-14-38(29(41)20-9-7-19(8-10-20)25(17-32)35-30(42)45-31(2,3)4)26(18)28(40)33-22-11-12-23-21(15-22)16-24(34-23)27(39)36-46(43,44)37(5)6/h11-12,15-20,26,34H,7-10,13-14H2,1-6H3,(H,33,40)(H,35,42)(H,36,39)/b25-17-/t18-,19?,20?,26-/m0/s1. The van der Waals surface area contributed by atoms with Gasteiger partial charge >= 0.3 is 16.3 Å². The number of ether oxygens (including phenoxy) is 1. The Kier molecular flexibility index (Phi) is 10.5. The first-order valence-electron chi connectivity index (χ1n) is 15.3. The molecule has 0 spiro atoms. The number of carbonyl (C=O) groups excluding carboxylic acids is 4. The molecular formula is C31H43FN6O7S. The lowest BCUT2D eigenvalue weighted by atomic mass is 9.80. The van der Waals surface area contributed by atoms with Crippen LogP contribution in [0.15, 0.2) is 36.3 Å². The van der Waals surface area contributed by atoms with E-state index in [0.717, 1.165) is 4.31 Å². The van der Waals surface area contributed by atoms with Crippen molar-refractivity contribution in [3.8, 4) is 0 Å². The van der Waals surface area contributed by atoms with E-state index in [-0.39, 0.29) is 41.0 Å². The van der Waals surface area contributed by atoms with E-state index in [0.29, 0.717) is 61.6 Å². The summed E-state index contributed by atoms with van der Waals surface area (Å²) in [4.78, 5) is 56.4. The number of fused-ring (bicyclic) bond motifs is 1. The number of amides is 4. The smallest absolute Gasteiger partial charge is 0.411 e. The van der Waals surface area contributed by atoms with Gasteiger partial charge in [-0.3, -0.25) is 19.7 Å². The van der Waals surface area contributed by atoms with Crippen molar-refractivity contribution in [3.05, 3.63) is 42.0 Å². The topological polar surface area (TPSA) is 170 Å². The number of H-pyrrole nitrogens is 1. The van der Waals surface area contributed by atoms with Gasteiger partial charge in [-0.25, -0.2) is 13.9 Å². The highest BCUT2D eigenvalue weighted by molar-refractivity contribution is 7.87. The maximum atomic E-state index is 13.7. The highest BCUT2D eigenvalue weighted by atomic mass is 32.2. The van der Waals surface area contributed by atoms with Gasteiger partial charge in [-0.2, -0.15) is 12.7 Å². The summed E-state index contributed by atoms with van der Waals surface area (Å²) in [5, 5.41) is 5.98. The van der Waals surface area contributed by atoms with Crippen molar-refractivity contribution in [3.63, 3.8) is 0 Å². The minimum absolute atomic E-state index is 0.0366. The number of nitrogens with one attached hydrogen (secondary N) is 4. The van der Waals surface area contributed by atoms with Crippen LogP contribution in [0, 0.1) is 17.8 Å². The average Bonchev–Trinajstić information content (AvgIpc) is 3.57. The normalized spacial score (nSPS) is 22.5. The van der Waals surface area contributed by atoms with Crippen LogP contribution in [0.5, 0.6) is 0 Å². The minimum Gasteiger partial charge on any atom is -0.444 e. The molecular weight excluding hydrogens is 619 g/mol. The quantitative estimate of drug-likeness (QED) is 0.331. The maximum Gasteiger partial charge on any atom is 0.411 e. The summed E-state index contributed by atoms with van der Waals surface area (Å²) >= 11 is 0. The first kappa shape index (κ1) is 34.9. The van der Waals surface area contributed by atoms with Crippen LogP contribution in [0.4, 0.5) is 14.9 Å². The molecule has 1 aromatic heterocycles. The van der Waals surface area contributed by atoms with Gasteiger partial charge in [0.05, 0.1) is 5.70 Å². The molecule has 2 aliphatic rings. The van der Waals surface area contributed by atoms with Crippen LogP contribution in [0.3, 0.4) is 0 Å². The Morgan fingerprint density at radius 3 is 2.30 bits per heavy atom. The first-order chi connectivity index (χ1) is 21.5. The SMILES string of the molecule is C[C@H]1CCN(C(=O)C2CCC(/C(=C/F)NC(=O)OC(C)(C)C)CC2)[C@@H]1C(=O)Nc1ccc2[nH]c(C(=O)NS(=O)(=O)N(C)C)cc2c1. The second kappa shape index (κ2) is 13.8. The average molecular weight is 663 g/mol. The zero-order chi connectivity index (χ0) is 34.0. The van der Waals surface area contributed by atoms with E-state index in [9.17, 15) is 32.0 Å². The molecule has 0 radical (unpaired) electrons. The molecule has 1 aliphatic carbocycles. The number of aromatic amines is 1. The molecule has 4 amide bonds. The van der Waals surface area contributed by atoms with Crippen molar-refractivity contribution in [2.75, 3.05) is 26.0 Å². The Balaban J connectivity index is 1.38. The third-order valence-electron chi connectivity index (χ3n) is 8.37. The lowest BCUT2D eigenvalue weighted by Crippen LogP contribution is -2.48. The Bertz CT molecular complexity index is 1620. The van der Waals surface area contributed by atoms with Crippen molar-refractivity contribution in [2.24, 2.45) is 17.8 Å². The molecule has 0 bridgehead atoms. The molecule has 2 aromatic rings. The first-order valence-corrected chi connectivity index (χ1v) is 16.7. The van der Waals surface area contributed by atoms with Crippen LogP contribution in [0.1, 0.15) is 70.3 Å². The maximum absolute atomic E-state index is 13.7. The molecule has 46 heavy (non-hydrogen) atoms. The zero-order valence-electron chi connectivity index (χ0n) is 27.0. The Labute approximate surface area is 268 Å². The van der Waals surface area contributed by atoms with Gasteiger partial charge in [-0.1, -0.05) is 6.92 Å². The summed E-state index contributed by atoms with van der Waals surface area (Å²) < 4.78 is 45.9. The number of halogens is 1. The summed E-state index contributed by atoms with van der Waals surface area (Å²) in [6.45, 7) is 7.53. The van der Waals surface area contributed by atoms with Crippen LogP contribution in [0.2, 0.25) is 0 Å². The molecule has 0 unspecified atom stereocenters. The third kappa shape index (κ3) is 8.23. The lowest BCUT2D eigenvalue weighted by molar-refractivity contribution is -0.141.